The molecule has 1 aromatic rings. The highest BCUT2D eigenvalue weighted by molar-refractivity contribution is 5.88. The maximum Gasteiger partial charge on any atom is 0.266 e. The maximum atomic E-state index is 14.0. The SMILES string of the molecule is CC(C)CONC(=O)[C@@H](NC(=O)C[C@@H]1CCC(=O)N1Cc1cccc(F)c1F)C(C)C. The molecule has 0 spiro atoms. The normalized spacial score (nSPS) is 17.4. The van der Waals surface area contributed by atoms with Crippen molar-refractivity contribution >= 4 is 17.7 Å². The van der Waals surface area contributed by atoms with Crippen LogP contribution in [-0.4, -0.2) is 41.3 Å². The highest BCUT2D eigenvalue weighted by Crippen LogP contribution is 2.25. The molecule has 0 aromatic heterocycles. The minimum absolute atomic E-state index is 0.0357. The van der Waals surface area contributed by atoms with Gasteiger partial charge in [0.2, 0.25) is 11.8 Å². The quantitative estimate of drug-likeness (QED) is 0.549. The van der Waals surface area contributed by atoms with Gasteiger partial charge in [-0.15, -0.1) is 0 Å². The number of hydrogen-bond donors (Lipinski definition) is 2. The van der Waals surface area contributed by atoms with Crippen LogP contribution >= 0.6 is 0 Å². The number of hydrogen-bond acceptors (Lipinski definition) is 4. The maximum absolute atomic E-state index is 14.0. The first-order chi connectivity index (χ1) is 14.6. The van der Waals surface area contributed by atoms with Gasteiger partial charge in [-0.3, -0.25) is 19.2 Å². The number of likely N-dealkylation sites (tertiary alicyclic amines) is 1. The Bertz CT molecular complexity index is 801. The van der Waals surface area contributed by atoms with Crippen LogP contribution in [0.15, 0.2) is 18.2 Å². The monoisotopic (exact) mass is 439 g/mol. The van der Waals surface area contributed by atoms with Crippen LogP contribution in [0.3, 0.4) is 0 Å². The summed E-state index contributed by atoms with van der Waals surface area (Å²) in [6.45, 7) is 7.71. The Labute approximate surface area is 181 Å². The lowest BCUT2D eigenvalue weighted by atomic mass is 10.0. The van der Waals surface area contributed by atoms with Crippen LogP contribution < -0.4 is 10.8 Å². The molecule has 0 unspecified atom stereocenters. The van der Waals surface area contributed by atoms with Crippen molar-refractivity contribution in [1.29, 1.82) is 0 Å². The number of hydroxylamine groups is 1. The second-order valence-corrected chi connectivity index (χ2v) is 8.59. The van der Waals surface area contributed by atoms with E-state index in [1.165, 1.54) is 17.0 Å². The number of benzene rings is 1. The first kappa shape index (κ1) is 24.7. The fourth-order valence-corrected chi connectivity index (χ4v) is 3.40. The number of carbonyl (C=O) groups is 3. The fraction of sp³-hybridized carbons (Fsp3) is 0.591. The molecule has 9 heteroatoms. The van der Waals surface area contributed by atoms with E-state index in [1.54, 1.807) is 13.8 Å². The van der Waals surface area contributed by atoms with E-state index in [2.05, 4.69) is 10.8 Å². The molecule has 3 amide bonds. The molecule has 0 bridgehead atoms. The van der Waals surface area contributed by atoms with E-state index >= 15 is 0 Å². The Morgan fingerprint density at radius 2 is 1.94 bits per heavy atom. The second kappa shape index (κ2) is 11.2. The van der Waals surface area contributed by atoms with E-state index in [-0.39, 0.29) is 42.7 Å². The first-order valence-corrected chi connectivity index (χ1v) is 10.5. The predicted octanol–water partition coefficient (Wildman–Crippen LogP) is 2.69. The number of carbonyl (C=O) groups excluding carboxylic acids is 3. The number of halogens is 2. The summed E-state index contributed by atoms with van der Waals surface area (Å²) in [4.78, 5) is 43.8. The van der Waals surface area contributed by atoms with Gasteiger partial charge < -0.3 is 10.2 Å². The zero-order chi connectivity index (χ0) is 23.1. The standard InChI is InChI=1S/C22H31F2N3O4/c1-13(2)12-31-26-22(30)21(14(3)4)25-18(28)10-16-8-9-19(29)27(16)11-15-6-5-7-17(23)20(15)24/h5-7,13-14,16,21H,8-12H2,1-4H3,(H,25,28)(H,26,30)/t16-,21-/m0/s1. The number of nitrogens with zero attached hydrogens (tertiary/aromatic N) is 1. The topological polar surface area (TPSA) is 87.7 Å². The van der Waals surface area contributed by atoms with Gasteiger partial charge in [0.25, 0.3) is 5.91 Å². The van der Waals surface area contributed by atoms with Gasteiger partial charge in [0.15, 0.2) is 11.6 Å². The Morgan fingerprint density at radius 1 is 1.23 bits per heavy atom. The van der Waals surface area contributed by atoms with Gasteiger partial charge in [-0.2, -0.15) is 0 Å². The molecule has 2 atom stereocenters. The van der Waals surface area contributed by atoms with Gasteiger partial charge in [-0.05, 0) is 24.3 Å². The van der Waals surface area contributed by atoms with Crippen molar-refractivity contribution in [3.8, 4) is 0 Å². The van der Waals surface area contributed by atoms with Crippen molar-refractivity contribution in [2.24, 2.45) is 11.8 Å². The molecule has 7 nitrogen and oxygen atoms in total. The summed E-state index contributed by atoms with van der Waals surface area (Å²) in [5.41, 5.74) is 2.42. The summed E-state index contributed by atoms with van der Waals surface area (Å²) < 4.78 is 27.5. The van der Waals surface area contributed by atoms with Gasteiger partial charge in [-0.25, -0.2) is 14.3 Å². The molecule has 1 aromatic carbocycles. The Balaban J connectivity index is 1.99. The van der Waals surface area contributed by atoms with Crippen molar-refractivity contribution in [1.82, 2.24) is 15.7 Å². The number of rotatable bonds is 10. The lowest BCUT2D eigenvalue weighted by Gasteiger charge is -2.26. The van der Waals surface area contributed by atoms with Gasteiger partial charge >= 0.3 is 0 Å². The van der Waals surface area contributed by atoms with E-state index in [9.17, 15) is 23.2 Å². The smallest absolute Gasteiger partial charge is 0.266 e. The van der Waals surface area contributed by atoms with Crippen molar-refractivity contribution in [2.75, 3.05) is 6.61 Å². The zero-order valence-electron chi connectivity index (χ0n) is 18.4. The van der Waals surface area contributed by atoms with Gasteiger partial charge in [0.1, 0.15) is 6.04 Å². The van der Waals surface area contributed by atoms with Crippen molar-refractivity contribution in [3.05, 3.63) is 35.4 Å². The average Bonchev–Trinajstić information content (AvgIpc) is 3.02. The number of amides is 3. The van der Waals surface area contributed by atoms with Crippen LogP contribution in [0.4, 0.5) is 8.78 Å². The van der Waals surface area contributed by atoms with Crippen molar-refractivity contribution in [2.45, 2.75) is 65.6 Å². The molecule has 1 saturated heterocycles. The molecule has 1 fully saturated rings. The molecule has 1 heterocycles. The third-order valence-corrected chi connectivity index (χ3v) is 5.10. The van der Waals surface area contributed by atoms with Crippen LogP contribution in [0.5, 0.6) is 0 Å². The molecule has 1 aliphatic heterocycles. The zero-order valence-corrected chi connectivity index (χ0v) is 18.4. The highest BCUT2D eigenvalue weighted by atomic mass is 19.2. The second-order valence-electron chi connectivity index (χ2n) is 8.59. The van der Waals surface area contributed by atoms with Gasteiger partial charge in [-0.1, -0.05) is 39.8 Å². The molecule has 31 heavy (non-hydrogen) atoms. The molecule has 2 N–H and O–H groups in total. The molecule has 0 saturated carbocycles. The molecule has 1 aliphatic rings. The summed E-state index contributed by atoms with van der Waals surface area (Å²) in [6, 6.07) is 2.55. The van der Waals surface area contributed by atoms with E-state index in [4.69, 9.17) is 4.84 Å². The lowest BCUT2D eigenvalue weighted by molar-refractivity contribution is -0.140. The third kappa shape index (κ3) is 6.99. The van der Waals surface area contributed by atoms with Crippen molar-refractivity contribution in [3.63, 3.8) is 0 Å². The largest absolute Gasteiger partial charge is 0.344 e. The molecule has 0 aliphatic carbocycles. The average molecular weight is 440 g/mol. The van der Waals surface area contributed by atoms with E-state index in [0.29, 0.717) is 13.0 Å². The van der Waals surface area contributed by atoms with Crippen molar-refractivity contribution < 1.29 is 28.0 Å². The van der Waals surface area contributed by atoms with Gasteiger partial charge in [0, 0.05) is 31.0 Å². The summed E-state index contributed by atoms with van der Waals surface area (Å²) in [5, 5.41) is 2.70. The van der Waals surface area contributed by atoms with Crippen LogP contribution in [0, 0.1) is 23.5 Å². The summed E-state index contributed by atoms with van der Waals surface area (Å²) in [7, 11) is 0. The Kier molecular flexibility index (Phi) is 8.91. The van der Waals surface area contributed by atoms with Crippen LogP contribution in [0.2, 0.25) is 0 Å². The predicted molar refractivity (Wildman–Crippen MR) is 110 cm³/mol. The first-order valence-electron chi connectivity index (χ1n) is 10.5. The molecule has 0 radical (unpaired) electrons. The fourth-order valence-electron chi connectivity index (χ4n) is 3.40. The van der Waals surface area contributed by atoms with Crippen LogP contribution in [-0.2, 0) is 25.8 Å². The van der Waals surface area contributed by atoms with E-state index < -0.39 is 35.5 Å². The van der Waals surface area contributed by atoms with Crippen LogP contribution in [0.1, 0.15) is 52.5 Å². The molecule has 172 valence electrons. The summed E-state index contributed by atoms with van der Waals surface area (Å²) in [6.07, 6.45) is 0.622. The molecule has 2 rings (SSSR count). The highest BCUT2D eigenvalue weighted by Gasteiger charge is 2.34. The Morgan fingerprint density at radius 3 is 2.58 bits per heavy atom. The summed E-state index contributed by atoms with van der Waals surface area (Å²) in [5.74, 6) is -3.00. The van der Waals surface area contributed by atoms with Crippen LogP contribution in [0.25, 0.3) is 0 Å². The van der Waals surface area contributed by atoms with Gasteiger partial charge in [0.05, 0.1) is 6.61 Å². The number of nitrogens with one attached hydrogen (secondary N) is 2. The molecular formula is C22H31F2N3O4. The molecular weight excluding hydrogens is 408 g/mol. The summed E-state index contributed by atoms with van der Waals surface area (Å²) >= 11 is 0. The minimum atomic E-state index is -0.997. The Hall–Kier alpha value is -2.55. The third-order valence-electron chi connectivity index (χ3n) is 5.10. The lowest BCUT2D eigenvalue weighted by Crippen LogP contribution is -2.50. The van der Waals surface area contributed by atoms with E-state index in [1.807, 2.05) is 13.8 Å². The minimum Gasteiger partial charge on any atom is -0.344 e. The van der Waals surface area contributed by atoms with E-state index in [0.717, 1.165) is 6.07 Å².